The predicted molar refractivity (Wildman–Crippen MR) is 223 cm³/mol. The van der Waals surface area contributed by atoms with Gasteiger partial charge in [-0.05, 0) is 13.3 Å². The summed E-state index contributed by atoms with van der Waals surface area (Å²) in [5.41, 5.74) is 0.185. The molecule has 0 radical (unpaired) electrons. The third-order valence-electron chi connectivity index (χ3n) is 9.66. The molecule has 0 aliphatic rings. The van der Waals surface area contributed by atoms with Crippen LogP contribution in [-0.2, 0) is 33.3 Å². The third-order valence-corrected chi connectivity index (χ3v) is 9.66. The lowest BCUT2D eigenvalue weighted by atomic mass is 10.0. The largest absolute Gasteiger partial charge is 0.464 e. The highest BCUT2D eigenvalue weighted by atomic mass is 16.6. The van der Waals surface area contributed by atoms with E-state index in [4.69, 9.17) is 18.9 Å². The molecular weight excluding hydrogens is 750 g/mol. The molecule has 5 N–H and O–H groups in total. The number of aliphatic hydroxyl groups is 3. The summed E-state index contributed by atoms with van der Waals surface area (Å²) in [6, 6.07) is 0. The molecule has 0 saturated carbocycles. The van der Waals surface area contributed by atoms with Crippen LogP contribution < -0.4 is 10.6 Å². The van der Waals surface area contributed by atoms with Crippen LogP contribution in [0.5, 0.6) is 0 Å². The maximum atomic E-state index is 12.8. The Kier molecular flexibility index (Phi) is 33.4. The number of amides is 3. The Morgan fingerprint density at radius 3 is 1.55 bits per heavy atom. The minimum absolute atomic E-state index is 0.112. The van der Waals surface area contributed by atoms with Crippen LogP contribution in [0.4, 0.5) is 9.59 Å². The molecular formula is C43H79N3O12. The fourth-order valence-electron chi connectivity index (χ4n) is 5.99. The van der Waals surface area contributed by atoms with Crippen LogP contribution in [0.2, 0.25) is 0 Å². The van der Waals surface area contributed by atoms with Gasteiger partial charge in [0.05, 0.1) is 19.0 Å². The number of hydrogen-bond acceptors (Lipinski definition) is 12. The number of rotatable bonds is 36. The van der Waals surface area contributed by atoms with Gasteiger partial charge in [0.15, 0.2) is 6.10 Å². The van der Waals surface area contributed by atoms with Gasteiger partial charge in [0, 0.05) is 25.6 Å². The number of likely N-dealkylation sites (N-methyl/N-ethyl adjacent to an activating group) is 1. The van der Waals surface area contributed by atoms with Gasteiger partial charge in [0.1, 0.15) is 38.1 Å². The first-order valence-electron chi connectivity index (χ1n) is 21.8. The Morgan fingerprint density at radius 2 is 1.09 bits per heavy atom. The van der Waals surface area contributed by atoms with E-state index in [0.717, 1.165) is 19.3 Å². The number of carbonyl (C=O) groups excluding carboxylic acids is 5. The van der Waals surface area contributed by atoms with E-state index in [1.54, 1.807) is 13.8 Å². The van der Waals surface area contributed by atoms with E-state index in [1.165, 1.54) is 115 Å². The molecule has 0 aromatic rings. The topological polar surface area (TPSA) is 210 Å². The summed E-state index contributed by atoms with van der Waals surface area (Å²) >= 11 is 0. The van der Waals surface area contributed by atoms with Gasteiger partial charge in [-0.2, -0.15) is 0 Å². The van der Waals surface area contributed by atoms with Crippen LogP contribution in [0.3, 0.4) is 0 Å². The summed E-state index contributed by atoms with van der Waals surface area (Å²) in [7, 11) is 1.48. The van der Waals surface area contributed by atoms with Crippen LogP contribution in [0, 0.1) is 5.92 Å². The zero-order valence-electron chi connectivity index (χ0n) is 36.4. The predicted octanol–water partition coefficient (Wildman–Crippen LogP) is 6.49. The number of esters is 2. The highest BCUT2D eigenvalue weighted by Crippen LogP contribution is 2.16. The first kappa shape index (κ1) is 54.6. The first-order chi connectivity index (χ1) is 27.7. The van der Waals surface area contributed by atoms with Gasteiger partial charge in [0.2, 0.25) is 5.91 Å². The molecule has 15 nitrogen and oxygen atoms in total. The molecule has 0 rings (SSSR count). The van der Waals surface area contributed by atoms with Gasteiger partial charge < -0.3 is 49.8 Å². The zero-order valence-corrected chi connectivity index (χ0v) is 36.4. The van der Waals surface area contributed by atoms with E-state index in [-0.39, 0.29) is 56.7 Å². The van der Waals surface area contributed by atoms with Crippen molar-refractivity contribution in [2.45, 2.75) is 181 Å². The second kappa shape index (κ2) is 35.5. The van der Waals surface area contributed by atoms with Gasteiger partial charge >= 0.3 is 24.1 Å². The number of carbonyl (C=O) groups is 5. The van der Waals surface area contributed by atoms with Crippen molar-refractivity contribution in [2.24, 2.45) is 5.92 Å². The molecule has 0 bridgehead atoms. The number of nitrogens with one attached hydrogen (secondary N) is 2. The number of ether oxygens (including phenoxy) is 4. The fraction of sp³-hybridized carbons (Fsp3) is 0.837. The number of alkyl carbamates (subject to hydrolysis) is 2. The van der Waals surface area contributed by atoms with Crippen LogP contribution in [0.25, 0.3) is 0 Å². The van der Waals surface area contributed by atoms with Gasteiger partial charge in [-0.3, -0.25) is 9.59 Å². The lowest BCUT2D eigenvalue weighted by Gasteiger charge is -2.31. The van der Waals surface area contributed by atoms with E-state index < -0.39 is 55.1 Å². The molecule has 15 heteroatoms. The third kappa shape index (κ3) is 29.7. The molecule has 0 aliphatic heterocycles. The average molecular weight is 830 g/mol. The molecule has 4 atom stereocenters. The van der Waals surface area contributed by atoms with Crippen LogP contribution in [0.15, 0.2) is 12.2 Å². The summed E-state index contributed by atoms with van der Waals surface area (Å²) < 4.78 is 20.0. The zero-order chi connectivity index (χ0) is 43.6. The average Bonchev–Trinajstić information content (AvgIpc) is 3.19. The second-order valence-corrected chi connectivity index (χ2v) is 15.6. The van der Waals surface area contributed by atoms with Crippen molar-refractivity contribution in [2.75, 3.05) is 46.5 Å². The number of nitrogens with zero attached hydrogens (tertiary/aromatic N) is 1. The van der Waals surface area contributed by atoms with Gasteiger partial charge in [-0.1, -0.05) is 143 Å². The maximum absolute atomic E-state index is 12.8. The Bertz CT molecular complexity index is 1140. The van der Waals surface area contributed by atoms with Crippen molar-refractivity contribution in [3.8, 4) is 0 Å². The SMILES string of the molecule is C=C(C)C(=O)OCCNC(=O)OC[C@@H](O)[C@@H](OC(=O)NCCOC(=O)C(C)C)[C@H](O)[C@@H](O)CN(C)C(=O)CCCCCCCCCCCCCCCCCCCCC. The van der Waals surface area contributed by atoms with Crippen LogP contribution in [-0.4, -0.2) is 121 Å². The molecule has 0 heterocycles. The van der Waals surface area contributed by atoms with E-state index >= 15 is 0 Å². The molecule has 58 heavy (non-hydrogen) atoms. The summed E-state index contributed by atoms with van der Waals surface area (Å²) in [5, 5.41) is 37.3. The van der Waals surface area contributed by atoms with Gasteiger partial charge in [-0.15, -0.1) is 0 Å². The first-order valence-corrected chi connectivity index (χ1v) is 21.8. The molecule has 338 valence electrons. The lowest BCUT2D eigenvalue weighted by Crippen LogP contribution is -2.53. The molecule has 3 amide bonds. The van der Waals surface area contributed by atoms with Crippen LogP contribution in [0.1, 0.15) is 156 Å². The van der Waals surface area contributed by atoms with Crippen molar-refractivity contribution < 1.29 is 58.2 Å². The van der Waals surface area contributed by atoms with Crippen molar-refractivity contribution >= 4 is 30.0 Å². The Labute approximate surface area is 348 Å². The standard InChI is InChI=1S/C43H79N3O12/c1-7-8-9-10-11-12-13-14-15-16-17-18-19-20-21-22-23-24-25-26-37(49)46(6)31-35(47)38(50)39(58-43(54)45-28-30-56-41(52)34(4)5)36(48)32-57-42(53)44-27-29-55-40(51)33(2)3/h34-36,38-39,47-48,50H,2,7-32H2,1,3-6H3,(H,44,53)(H,45,54)/t35-,36+,38+,39+/m0/s1. The Hall–Kier alpha value is -3.43. The molecule has 0 unspecified atom stereocenters. The van der Waals surface area contributed by atoms with Gasteiger partial charge in [-0.25, -0.2) is 14.4 Å². The summed E-state index contributed by atoms with van der Waals surface area (Å²) in [6.45, 7) is 8.79. The summed E-state index contributed by atoms with van der Waals surface area (Å²) in [6.07, 6.45) is 14.8. The smallest absolute Gasteiger partial charge is 0.407 e. The fourth-order valence-corrected chi connectivity index (χ4v) is 5.99. The van der Waals surface area contributed by atoms with Crippen molar-refractivity contribution in [3.05, 3.63) is 12.2 Å². The Morgan fingerprint density at radius 1 is 0.638 bits per heavy atom. The minimum atomic E-state index is -1.90. The quantitative estimate of drug-likeness (QED) is 0.0199. The normalized spacial score (nSPS) is 13.2. The van der Waals surface area contributed by atoms with E-state index in [0.29, 0.717) is 6.42 Å². The summed E-state index contributed by atoms with van der Waals surface area (Å²) in [5.74, 6) is -1.72. The molecule has 0 aliphatic carbocycles. The highest BCUT2D eigenvalue weighted by Gasteiger charge is 2.37. The van der Waals surface area contributed by atoms with Crippen molar-refractivity contribution in [3.63, 3.8) is 0 Å². The second-order valence-electron chi connectivity index (χ2n) is 15.6. The number of hydrogen-bond donors (Lipinski definition) is 5. The number of aliphatic hydroxyl groups excluding tert-OH is 3. The van der Waals surface area contributed by atoms with E-state index in [2.05, 4.69) is 24.1 Å². The van der Waals surface area contributed by atoms with Gasteiger partial charge in [0.25, 0.3) is 0 Å². The Balaban J connectivity index is 4.62. The maximum Gasteiger partial charge on any atom is 0.407 e. The lowest BCUT2D eigenvalue weighted by molar-refractivity contribution is -0.147. The molecule has 0 saturated heterocycles. The van der Waals surface area contributed by atoms with Crippen molar-refractivity contribution in [1.82, 2.24) is 15.5 Å². The van der Waals surface area contributed by atoms with E-state index in [1.807, 2.05) is 0 Å². The monoisotopic (exact) mass is 830 g/mol. The molecule has 0 aromatic heterocycles. The minimum Gasteiger partial charge on any atom is -0.464 e. The molecule has 0 spiro atoms. The van der Waals surface area contributed by atoms with Crippen molar-refractivity contribution in [1.29, 1.82) is 0 Å². The number of unbranched alkanes of at least 4 members (excludes halogenated alkanes) is 18. The van der Waals surface area contributed by atoms with E-state index in [9.17, 15) is 39.3 Å². The molecule has 0 fully saturated rings. The van der Waals surface area contributed by atoms with Crippen LogP contribution >= 0.6 is 0 Å². The highest BCUT2D eigenvalue weighted by molar-refractivity contribution is 5.86. The summed E-state index contributed by atoms with van der Waals surface area (Å²) in [4.78, 5) is 61.9. The molecule has 0 aromatic carbocycles.